The SMILES string of the molecule is NS(=O)(=O)c1ccc(CCC(=O)N2CCC[C@H](C(=O)Nc3ccccc3)C2)cc1. The number of para-hydroxylation sites is 1. The van der Waals surface area contributed by atoms with E-state index in [-0.39, 0.29) is 22.6 Å². The molecule has 0 saturated carbocycles. The van der Waals surface area contributed by atoms with Gasteiger partial charge in [0.15, 0.2) is 0 Å². The second-order valence-electron chi connectivity index (χ2n) is 7.22. The number of sulfonamides is 1. The molecule has 0 aliphatic carbocycles. The lowest BCUT2D eigenvalue weighted by Crippen LogP contribution is -2.43. The van der Waals surface area contributed by atoms with Crippen LogP contribution in [0.15, 0.2) is 59.5 Å². The first-order valence-corrected chi connectivity index (χ1v) is 11.1. The second kappa shape index (κ2) is 9.19. The number of nitrogens with one attached hydrogen (secondary N) is 1. The van der Waals surface area contributed by atoms with Gasteiger partial charge < -0.3 is 10.2 Å². The Morgan fingerprint density at radius 1 is 1.07 bits per heavy atom. The predicted octanol–water partition coefficient (Wildman–Crippen LogP) is 2.14. The van der Waals surface area contributed by atoms with E-state index in [0.29, 0.717) is 25.9 Å². The number of aryl methyl sites for hydroxylation is 1. The lowest BCUT2D eigenvalue weighted by Gasteiger charge is -2.32. The quantitative estimate of drug-likeness (QED) is 0.753. The summed E-state index contributed by atoms with van der Waals surface area (Å²) in [7, 11) is -3.72. The monoisotopic (exact) mass is 415 g/mol. The smallest absolute Gasteiger partial charge is 0.238 e. The summed E-state index contributed by atoms with van der Waals surface area (Å²) in [5.41, 5.74) is 1.62. The number of primary sulfonamides is 1. The summed E-state index contributed by atoms with van der Waals surface area (Å²) in [6, 6.07) is 15.5. The zero-order valence-electron chi connectivity index (χ0n) is 16.1. The minimum atomic E-state index is -3.72. The third kappa shape index (κ3) is 5.88. The molecule has 0 spiro atoms. The molecule has 1 aliphatic heterocycles. The second-order valence-corrected chi connectivity index (χ2v) is 8.78. The van der Waals surface area contributed by atoms with Crippen molar-refractivity contribution in [1.29, 1.82) is 0 Å². The summed E-state index contributed by atoms with van der Waals surface area (Å²) in [5.74, 6) is -0.285. The van der Waals surface area contributed by atoms with Crippen molar-refractivity contribution in [1.82, 2.24) is 4.90 Å². The predicted molar refractivity (Wildman–Crippen MR) is 111 cm³/mol. The maximum atomic E-state index is 12.6. The maximum absolute atomic E-state index is 12.6. The lowest BCUT2D eigenvalue weighted by atomic mass is 9.96. The van der Waals surface area contributed by atoms with E-state index in [4.69, 9.17) is 5.14 Å². The third-order valence-electron chi connectivity index (χ3n) is 5.07. The molecule has 2 aromatic carbocycles. The average molecular weight is 416 g/mol. The van der Waals surface area contributed by atoms with Crippen LogP contribution in [0.5, 0.6) is 0 Å². The van der Waals surface area contributed by atoms with Crippen LogP contribution in [-0.4, -0.2) is 38.2 Å². The summed E-state index contributed by atoms with van der Waals surface area (Å²) in [6.45, 7) is 1.07. The van der Waals surface area contributed by atoms with Gasteiger partial charge in [-0.05, 0) is 49.1 Å². The molecule has 0 unspecified atom stereocenters. The largest absolute Gasteiger partial charge is 0.342 e. The molecule has 1 heterocycles. The van der Waals surface area contributed by atoms with Crippen LogP contribution in [0.3, 0.4) is 0 Å². The fraction of sp³-hybridized carbons (Fsp3) is 0.333. The highest BCUT2D eigenvalue weighted by Gasteiger charge is 2.28. The molecule has 0 aromatic heterocycles. The van der Waals surface area contributed by atoms with Crippen molar-refractivity contribution in [3.8, 4) is 0 Å². The van der Waals surface area contributed by atoms with E-state index in [1.807, 2.05) is 30.3 Å². The third-order valence-corrected chi connectivity index (χ3v) is 5.99. The minimum absolute atomic E-state index is 0.00210. The van der Waals surface area contributed by atoms with Crippen LogP contribution in [0.25, 0.3) is 0 Å². The van der Waals surface area contributed by atoms with E-state index < -0.39 is 10.0 Å². The molecule has 8 heteroatoms. The van der Waals surface area contributed by atoms with Crippen LogP contribution in [-0.2, 0) is 26.0 Å². The Kier molecular flexibility index (Phi) is 6.66. The number of piperidine rings is 1. The molecule has 1 atom stereocenters. The number of rotatable bonds is 6. The first-order valence-electron chi connectivity index (χ1n) is 9.58. The summed E-state index contributed by atoms with van der Waals surface area (Å²) in [4.78, 5) is 26.9. The van der Waals surface area contributed by atoms with Crippen molar-refractivity contribution < 1.29 is 18.0 Å². The van der Waals surface area contributed by atoms with Crippen LogP contribution in [0.4, 0.5) is 5.69 Å². The van der Waals surface area contributed by atoms with Gasteiger partial charge in [-0.3, -0.25) is 9.59 Å². The van der Waals surface area contributed by atoms with E-state index in [2.05, 4.69) is 5.32 Å². The Hall–Kier alpha value is -2.71. The van der Waals surface area contributed by atoms with Crippen molar-refractivity contribution in [2.24, 2.45) is 11.1 Å². The zero-order chi connectivity index (χ0) is 20.9. The summed E-state index contributed by atoms with van der Waals surface area (Å²) >= 11 is 0. The number of carbonyl (C=O) groups is 2. The number of anilines is 1. The molecule has 1 saturated heterocycles. The van der Waals surface area contributed by atoms with Crippen LogP contribution >= 0.6 is 0 Å². The van der Waals surface area contributed by atoms with E-state index in [1.165, 1.54) is 12.1 Å². The first kappa shape index (κ1) is 21.0. The van der Waals surface area contributed by atoms with E-state index in [0.717, 1.165) is 24.1 Å². The summed E-state index contributed by atoms with van der Waals surface area (Å²) in [6.07, 6.45) is 2.36. The highest BCUT2D eigenvalue weighted by atomic mass is 32.2. The average Bonchev–Trinajstić information content (AvgIpc) is 2.72. The molecule has 3 N–H and O–H groups in total. The van der Waals surface area contributed by atoms with Gasteiger partial charge >= 0.3 is 0 Å². The van der Waals surface area contributed by atoms with Gasteiger partial charge in [-0.25, -0.2) is 13.6 Å². The standard InChI is InChI=1S/C21H25N3O4S/c22-29(27,28)19-11-8-16(9-12-19)10-13-20(25)24-14-4-5-17(15-24)21(26)23-18-6-2-1-3-7-18/h1-3,6-9,11-12,17H,4-5,10,13-15H2,(H,23,26)(H2,22,27,28)/t17-/m0/s1. The van der Waals surface area contributed by atoms with Crippen LogP contribution in [0.2, 0.25) is 0 Å². The molecule has 29 heavy (non-hydrogen) atoms. The number of nitrogens with zero attached hydrogens (tertiary/aromatic N) is 1. The van der Waals surface area contributed by atoms with Gasteiger partial charge in [0.2, 0.25) is 21.8 Å². The molecule has 0 radical (unpaired) electrons. The van der Waals surface area contributed by atoms with Gasteiger partial charge in [0, 0.05) is 25.2 Å². The Morgan fingerprint density at radius 2 is 1.76 bits per heavy atom. The van der Waals surface area contributed by atoms with Crippen molar-refractivity contribution in [2.75, 3.05) is 18.4 Å². The Bertz CT molecular complexity index is 959. The van der Waals surface area contributed by atoms with Crippen molar-refractivity contribution in [3.63, 3.8) is 0 Å². The molecule has 2 amide bonds. The Morgan fingerprint density at radius 3 is 2.41 bits per heavy atom. The lowest BCUT2D eigenvalue weighted by molar-refractivity contribution is -0.134. The van der Waals surface area contributed by atoms with Gasteiger partial charge in [0.1, 0.15) is 0 Å². The van der Waals surface area contributed by atoms with Gasteiger partial charge in [-0.2, -0.15) is 0 Å². The first-order chi connectivity index (χ1) is 13.8. The fourth-order valence-corrected chi connectivity index (χ4v) is 3.95. The molecule has 1 aliphatic rings. The summed E-state index contributed by atoms with van der Waals surface area (Å²) in [5, 5.41) is 8.00. The van der Waals surface area contributed by atoms with Crippen LogP contribution in [0, 0.1) is 5.92 Å². The molecule has 7 nitrogen and oxygen atoms in total. The fourth-order valence-electron chi connectivity index (χ4n) is 3.44. The van der Waals surface area contributed by atoms with Gasteiger partial charge in [0.25, 0.3) is 0 Å². The molecule has 3 rings (SSSR count). The van der Waals surface area contributed by atoms with E-state index in [1.54, 1.807) is 17.0 Å². The molecular formula is C21H25N3O4S. The number of benzene rings is 2. The maximum Gasteiger partial charge on any atom is 0.238 e. The van der Waals surface area contributed by atoms with Crippen LogP contribution < -0.4 is 10.5 Å². The van der Waals surface area contributed by atoms with Crippen LogP contribution in [0.1, 0.15) is 24.8 Å². The number of amides is 2. The minimum Gasteiger partial charge on any atom is -0.342 e. The zero-order valence-corrected chi connectivity index (χ0v) is 16.9. The van der Waals surface area contributed by atoms with Gasteiger partial charge in [-0.15, -0.1) is 0 Å². The Labute approximate surface area is 171 Å². The molecule has 1 fully saturated rings. The molecule has 2 aromatic rings. The highest BCUT2D eigenvalue weighted by Crippen LogP contribution is 2.20. The van der Waals surface area contributed by atoms with Gasteiger partial charge in [-0.1, -0.05) is 30.3 Å². The van der Waals surface area contributed by atoms with Gasteiger partial charge in [0.05, 0.1) is 10.8 Å². The van der Waals surface area contributed by atoms with Crippen molar-refractivity contribution in [2.45, 2.75) is 30.6 Å². The van der Waals surface area contributed by atoms with E-state index in [9.17, 15) is 18.0 Å². The number of hydrogen-bond donors (Lipinski definition) is 2. The molecule has 154 valence electrons. The number of hydrogen-bond acceptors (Lipinski definition) is 4. The highest BCUT2D eigenvalue weighted by molar-refractivity contribution is 7.89. The molecular weight excluding hydrogens is 390 g/mol. The molecule has 0 bridgehead atoms. The van der Waals surface area contributed by atoms with Crippen molar-refractivity contribution >= 4 is 27.5 Å². The topological polar surface area (TPSA) is 110 Å². The summed E-state index contributed by atoms with van der Waals surface area (Å²) < 4.78 is 22.6. The Balaban J connectivity index is 1.52. The van der Waals surface area contributed by atoms with Crippen molar-refractivity contribution in [3.05, 3.63) is 60.2 Å². The number of likely N-dealkylation sites (tertiary alicyclic amines) is 1. The normalized spacial score (nSPS) is 17.0. The number of carbonyl (C=O) groups excluding carboxylic acids is 2. The number of nitrogens with two attached hydrogens (primary N) is 1. The van der Waals surface area contributed by atoms with E-state index >= 15 is 0 Å².